The molecule has 3 atom stereocenters. The Morgan fingerprint density at radius 3 is 2.94 bits per heavy atom. The summed E-state index contributed by atoms with van der Waals surface area (Å²) in [5, 5.41) is 3.71. The van der Waals surface area contributed by atoms with Gasteiger partial charge in [0.15, 0.2) is 0 Å². The van der Waals surface area contributed by atoms with E-state index in [4.69, 9.17) is 4.42 Å². The Morgan fingerprint density at radius 1 is 1.35 bits per heavy atom. The topological polar surface area (TPSA) is 25.2 Å². The second kappa shape index (κ2) is 6.25. The van der Waals surface area contributed by atoms with Crippen molar-refractivity contribution < 1.29 is 4.42 Å². The normalized spacial score (nSPS) is 27.6. The van der Waals surface area contributed by atoms with Gasteiger partial charge in [-0.1, -0.05) is 26.2 Å². The van der Waals surface area contributed by atoms with Crippen LogP contribution in [0.3, 0.4) is 0 Å². The highest BCUT2D eigenvalue weighted by atomic mass is 16.3. The third-order valence-corrected chi connectivity index (χ3v) is 4.12. The zero-order chi connectivity index (χ0) is 12.1. The molecule has 1 aromatic rings. The standard InChI is InChI=1S/C15H25NO/c1-3-13-6-4-7-14(10-9-13)16-12(2)15-8-5-11-17-15/h5,8,11-14,16H,3-4,6-7,9-10H2,1-2H3/t12-,13?,14?/m1/s1. The molecule has 17 heavy (non-hydrogen) atoms. The molecule has 96 valence electrons. The lowest BCUT2D eigenvalue weighted by Crippen LogP contribution is -2.30. The summed E-state index contributed by atoms with van der Waals surface area (Å²) in [6, 6.07) is 5.04. The predicted octanol–water partition coefficient (Wildman–Crippen LogP) is 4.29. The quantitative estimate of drug-likeness (QED) is 0.788. The first kappa shape index (κ1) is 12.7. The van der Waals surface area contributed by atoms with Crippen LogP contribution in [-0.2, 0) is 0 Å². The summed E-state index contributed by atoms with van der Waals surface area (Å²) in [7, 11) is 0. The minimum atomic E-state index is 0.341. The maximum absolute atomic E-state index is 5.45. The molecule has 1 aliphatic rings. The van der Waals surface area contributed by atoms with Crippen LogP contribution < -0.4 is 5.32 Å². The molecule has 1 saturated carbocycles. The van der Waals surface area contributed by atoms with Crippen molar-refractivity contribution in [1.29, 1.82) is 0 Å². The van der Waals surface area contributed by atoms with E-state index in [1.54, 1.807) is 6.26 Å². The molecule has 2 heteroatoms. The third kappa shape index (κ3) is 3.60. The van der Waals surface area contributed by atoms with E-state index in [0.717, 1.165) is 11.7 Å². The molecule has 0 spiro atoms. The van der Waals surface area contributed by atoms with E-state index >= 15 is 0 Å². The fraction of sp³-hybridized carbons (Fsp3) is 0.733. The molecule has 1 fully saturated rings. The van der Waals surface area contributed by atoms with Crippen molar-refractivity contribution >= 4 is 0 Å². The van der Waals surface area contributed by atoms with Gasteiger partial charge in [0, 0.05) is 6.04 Å². The van der Waals surface area contributed by atoms with Gasteiger partial charge < -0.3 is 9.73 Å². The van der Waals surface area contributed by atoms with Crippen molar-refractivity contribution in [2.45, 2.75) is 64.5 Å². The van der Waals surface area contributed by atoms with Crippen molar-refractivity contribution in [2.75, 3.05) is 0 Å². The first-order valence-corrected chi connectivity index (χ1v) is 7.09. The molecule has 1 aromatic heterocycles. The fourth-order valence-electron chi connectivity index (χ4n) is 2.93. The molecule has 0 aliphatic heterocycles. The molecule has 0 amide bonds. The van der Waals surface area contributed by atoms with Crippen molar-refractivity contribution in [3.8, 4) is 0 Å². The smallest absolute Gasteiger partial charge is 0.120 e. The molecule has 1 N–H and O–H groups in total. The van der Waals surface area contributed by atoms with E-state index < -0.39 is 0 Å². The van der Waals surface area contributed by atoms with Crippen molar-refractivity contribution in [2.24, 2.45) is 5.92 Å². The molecule has 2 unspecified atom stereocenters. The Hall–Kier alpha value is -0.760. The summed E-state index contributed by atoms with van der Waals surface area (Å²) in [5.74, 6) is 2.02. The van der Waals surface area contributed by atoms with Crippen LogP contribution >= 0.6 is 0 Å². The van der Waals surface area contributed by atoms with E-state index in [2.05, 4.69) is 25.2 Å². The van der Waals surface area contributed by atoms with Gasteiger partial charge in [0.2, 0.25) is 0 Å². The maximum atomic E-state index is 5.45. The summed E-state index contributed by atoms with van der Waals surface area (Å²) in [6.07, 6.45) is 9.93. The minimum Gasteiger partial charge on any atom is -0.468 e. The molecule has 0 saturated heterocycles. The molecule has 2 nitrogen and oxygen atoms in total. The van der Waals surface area contributed by atoms with Crippen LogP contribution in [0, 0.1) is 5.92 Å². The second-order valence-corrected chi connectivity index (χ2v) is 5.38. The Morgan fingerprint density at radius 2 is 2.24 bits per heavy atom. The molecule has 1 aliphatic carbocycles. The van der Waals surface area contributed by atoms with E-state index in [1.165, 1.54) is 38.5 Å². The largest absolute Gasteiger partial charge is 0.468 e. The highest BCUT2D eigenvalue weighted by Gasteiger charge is 2.20. The Balaban J connectivity index is 1.82. The summed E-state index contributed by atoms with van der Waals surface area (Å²) in [5.41, 5.74) is 0. The van der Waals surface area contributed by atoms with E-state index in [-0.39, 0.29) is 0 Å². The van der Waals surface area contributed by atoms with Crippen molar-refractivity contribution in [3.63, 3.8) is 0 Å². The first-order valence-electron chi connectivity index (χ1n) is 7.09. The summed E-state index contributed by atoms with van der Waals surface area (Å²) >= 11 is 0. The SMILES string of the molecule is CCC1CCCC(N[C@H](C)c2ccco2)CC1. The number of furan rings is 1. The van der Waals surface area contributed by atoms with Gasteiger partial charge in [0.25, 0.3) is 0 Å². The average molecular weight is 235 g/mol. The number of nitrogens with one attached hydrogen (secondary N) is 1. The van der Waals surface area contributed by atoms with Crippen LogP contribution in [0.2, 0.25) is 0 Å². The fourth-order valence-corrected chi connectivity index (χ4v) is 2.93. The van der Waals surface area contributed by atoms with Crippen LogP contribution in [0.25, 0.3) is 0 Å². The molecule has 0 bridgehead atoms. The highest BCUT2D eigenvalue weighted by molar-refractivity contribution is 5.03. The van der Waals surface area contributed by atoms with Crippen molar-refractivity contribution in [3.05, 3.63) is 24.2 Å². The lowest BCUT2D eigenvalue weighted by atomic mass is 9.98. The zero-order valence-electron chi connectivity index (χ0n) is 11.1. The number of hydrogen-bond acceptors (Lipinski definition) is 2. The third-order valence-electron chi connectivity index (χ3n) is 4.12. The van der Waals surface area contributed by atoms with Gasteiger partial charge in [-0.15, -0.1) is 0 Å². The summed E-state index contributed by atoms with van der Waals surface area (Å²) < 4.78 is 5.45. The van der Waals surface area contributed by atoms with Crippen LogP contribution in [0.4, 0.5) is 0 Å². The van der Waals surface area contributed by atoms with E-state index in [0.29, 0.717) is 12.1 Å². The van der Waals surface area contributed by atoms with Gasteiger partial charge >= 0.3 is 0 Å². The monoisotopic (exact) mass is 235 g/mol. The molecule has 1 heterocycles. The second-order valence-electron chi connectivity index (χ2n) is 5.38. The first-order chi connectivity index (χ1) is 8.29. The van der Waals surface area contributed by atoms with Gasteiger partial charge in [-0.05, 0) is 44.2 Å². The average Bonchev–Trinajstić information content (AvgIpc) is 2.78. The molecule has 2 rings (SSSR count). The molecular weight excluding hydrogens is 210 g/mol. The Kier molecular flexibility index (Phi) is 4.66. The lowest BCUT2D eigenvalue weighted by Gasteiger charge is -2.20. The highest BCUT2D eigenvalue weighted by Crippen LogP contribution is 2.27. The van der Waals surface area contributed by atoms with Crippen LogP contribution in [0.1, 0.15) is 64.2 Å². The maximum Gasteiger partial charge on any atom is 0.120 e. The molecule has 0 radical (unpaired) electrons. The van der Waals surface area contributed by atoms with Crippen LogP contribution in [-0.4, -0.2) is 6.04 Å². The number of hydrogen-bond donors (Lipinski definition) is 1. The van der Waals surface area contributed by atoms with E-state index in [9.17, 15) is 0 Å². The van der Waals surface area contributed by atoms with Crippen LogP contribution in [0.5, 0.6) is 0 Å². The molecular formula is C15H25NO. The van der Waals surface area contributed by atoms with Gasteiger partial charge in [-0.2, -0.15) is 0 Å². The Labute approximate surface area is 105 Å². The van der Waals surface area contributed by atoms with Gasteiger partial charge in [0.05, 0.1) is 12.3 Å². The van der Waals surface area contributed by atoms with Gasteiger partial charge in [-0.3, -0.25) is 0 Å². The number of rotatable bonds is 4. The Bertz CT molecular complexity index is 307. The summed E-state index contributed by atoms with van der Waals surface area (Å²) in [4.78, 5) is 0. The predicted molar refractivity (Wildman–Crippen MR) is 70.9 cm³/mol. The minimum absolute atomic E-state index is 0.341. The summed E-state index contributed by atoms with van der Waals surface area (Å²) in [6.45, 7) is 4.52. The zero-order valence-corrected chi connectivity index (χ0v) is 11.1. The van der Waals surface area contributed by atoms with Gasteiger partial charge in [-0.25, -0.2) is 0 Å². The molecule has 0 aromatic carbocycles. The van der Waals surface area contributed by atoms with E-state index in [1.807, 2.05) is 6.07 Å². The van der Waals surface area contributed by atoms with Crippen LogP contribution in [0.15, 0.2) is 22.8 Å². The lowest BCUT2D eigenvalue weighted by molar-refractivity contribution is 0.361. The van der Waals surface area contributed by atoms with Gasteiger partial charge in [0.1, 0.15) is 5.76 Å². The van der Waals surface area contributed by atoms with Crippen molar-refractivity contribution in [1.82, 2.24) is 5.32 Å².